The summed E-state index contributed by atoms with van der Waals surface area (Å²) in [7, 11) is -2.08. The molecule has 0 unspecified atom stereocenters. The zero-order valence-electron chi connectivity index (χ0n) is 19.1. The van der Waals surface area contributed by atoms with Crippen molar-refractivity contribution in [3.8, 4) is 17.2 Å². The minimum atomic E-state index is -4.72. The number of halogens is 4. The molecule has 0 aliphatic heterocycles. The highest BCUT2D eigenvalue weighted by molar-refractivity contribution is 9.10. The summed E-state index contributed by atoms with van der Waals surface area (Å²) in [5.74, 6) is 0.255. The van der Waals surface area contributed by atoms with Gasteiger partial charge in [-0.05, 0) is 65.5 Å². The van der Waals surface area contributed by atoms with Gasteiger partial charge in [-0.15, -0.1) is 0 Å². The first-order chi connectivity index (χ1) is 15.4. The van der Waals surface area contributed by atoms with Crippen molar-refractivity contribution in [3.63, 3.8) is 0 Å². The van der Waals surface area contributed by atoms with Crippen LogP contribution in [-0.2, 0) is 19.8 Å². The summed E-state index contributed by atoms with van der Waals surface area (Å²) in [6.07, 6.45) is -5.01. The summed E-state index contributed by atoms with van der Waals surface area (Å²) in [5.41, 5.74) is 0.0159. The van der Waals surface area contributed by atoms with Crippen molar-refractivity contribution < 1.29 is 36.3 Å². The fraction of sp³-hybridized carbons (Fsp3) is 0.455. The Kier molecular flexibility index (Phi) is 9.67. The lowest BCUT2D eigenvalue weighted by Crippen LogP contribution is -2.11. The molecule has 0 heterocycles. The molecule has 2 rings (SSSR count). The standard InChI is InChI=1S/C22H28BrF3NO5P/c1-6-30-33(28,31-7-2)13-27-16-11-17(22(24,25)26)21(18(23)12-16)32-19-9-8-15(14(3)4)10-20(19)29-5/h8-12,14,27H,6-7,13H2,1-5H3. The fourth-order valence-electron chi connectivity index (χ4n) is 2.96. The molecule has 0 radical (unpaired) electrons. The maximum Gasteiger partial charge on any atom is 0.420 e. The smallest absolute Gasteiger partial charge is 0.420 e. The molecule has 0 bridgehead atoms. The monoisotopic (exact) mass is 553 g/mol. The van der Waals surface area contributed by atoms with E-state index in [1.54, 1.807) is 32.0 Å². The highest BCUT2D eigenvalue weighted by Gasteiger charge is 2.37. The lowest BCUT2D eigenvalue weighted by atomic mass is 10.0. The second kappa shape index (κ2) is 11.6. The van der Waals surface area contributed by atoms with Crippen LogP contribution < -0.4 is 14.8 Å². The van der Waals surface area contributed by atoms with Crippen LogP contribution in [0.3, 0.4) is 0 Å². The van der Waals surface area contributed by atoms with E-state index in [1.807, 2.05) is 13.8 Å². The van der Waals surface area contributed by atoms with Crippen molar-refractivity contribution in [2.24, 2.45) is 0 Å². The Balaban J connectivity index is 2.42. The number of ether oxygens (including phenoxy) is 2. The van der Waals surface area contributed by atoms with Crippen LogP contribution in [0.15, 0.2) is 34.8 Å². The second-order valence-electron chi connectivity index (χ2n) is 7.28. The van der Waals surface area contributed by atoms with Crippen LogP contribution in [0.1, 0.15) is 44.7 Å². The SMILES string of the molecule is CCOP(=O)(CNc1cc(Br)c(Oc2ccc(C(C)C)cc2OC)c(C(F)(F)F)c1)OCC. The summed E-state index contributed by atoms with van der Waals surface area (Å²) in [5, 5.41) is 2.72. The maximum absolute atomic E-state index is 13.9. The topological polar surface area (TPSA) is 66.0 Å². The molecule has 0 amide bonds. The zero-order valence-corrected chi connectivity index (χ0v) is 21.6. The lowest BCUT2D eigenvalue weighted by molar-refractivity contribution is -0.138. The van der Waals surface area contributed by atoms with E-state index in [0.717, 1.165) is 11.6 Å². The van der Waals surface area contributed by atoms with E-state index in [-0.39, 0.29) is 41.3 Å². The first kappa shape index (κ1) is 27.5. The third-order valence-corrected chi connectivity index (χ3v) is 6.98. The molecule has 11 heteroatoms. The van der Waals surface area contributed by atoms with Crippen LogP contribution in [0.25, 0.3) is 0 Å². The Morgan fingerprint density at radius 2 is 1.70 bits per heavy atom. The normalized spacial score (nSPS) is 12.2. The van der Waals surface area contributed by atoms with Crippen molar-refractivity contribution in [1.82, 2.24) is 0 Å². The Morgan fingerprint density at radius 1 is 1.06 bits per heavy atom. The number of benzene rings is 2. The third-order valence-electron chi connectivity index (χ3n) is 4.54. The Bertz CT molecular complexity index is 991. The van der Waals surface area contributed by atoms with Crippen molar-refractivity contribution in [1.29, 1.82) is 0 Å². The van der Waals surface area contributed by atoms with Gasteiger partial charge in [-0.25, -0.2) is 0 Å². The van der Waals surface area contributed by atoms with Crippen LogP contribution in [-0.4, -0.2) is 26.6 Å². The predicted molar refractivity (Wildman–Crippen MR) is 126 cm³/mol. The summed E-state index contributed by atoms with van der Waals surface area (Å²) < 4.78 is 75.8. The Hall–Kier alpha value is -1.74. The molecule has 2 aromatic rings. The molecule has 0 fully saturated rings. The largest absolute Gasteiger partial charge is 0.493 e. The van der Waals surface area contributed by atoms with Crippen molar-refractivity contribution in [2.75, 3.05) is 31.9 Å². The summed E-state index contributed by atoms with van der Waals surface area (Å²) in [6.45, 7) is 7.57. The molecule has 1 N–H and O–H groups in total. The van der Waals surface area contributed by atoms with Gasteiger partial charge in [0.15, 0.2) is 17.2 Å². The van der Waals surface area contributed by atoms with Crippen LogP contribution in [0.4, 0.5) is 18.9 Å². The lowest BCUT2D eigenvalue weighted by Gasteiger charge is -2.21. The number of rotatable bonds is 11. The van der Waals surface area contributed by atoms with Crippen LogP contribution in [0, 0.1) is 0 Å². The molecular formula is C22H28BrF3NO5P. The van der Waals surface area contributed by atoms with E-state index < -0.39 is 25.1 Å². The van der Waals surface area contributed by atoms with Gasteiger partial charge in [0.25, 0.3) is 0 Å². The number of alkyl halides is 3. The molecule has 0 saturated heterocycles. The van der Waals surface area contributed by atoms with Gasteiger partial charge in [0.1, 0.15) is 11.8 Å². The molecule has 0 atom stereocenters. The summed E-state index contributed by atoms with van der Waals surface area (Å²) in [4.78, 5) is 0. The van der Waals surface area contributed by atoms with Gasteiger partial charge in [-0.2, -0.15) is 13.2 Å². The fourth-order valence-corrected chi connectivity index (χ4v) is 4.92. The average Bonchev–Trinajstić information content (AvgIpc) is 2.73. The summed E-state index contributed by atoms with van der Waals surface area (Å²) >= 11 is 3.18. The molecule has 184 valence electrons. The van der Waals surface area contributed by atoms with Gasteiger partial charge in [0.2, 0.25) is 0 Å². The first-order valence-electron chi connectivity index (χ1n) is 10.3. The first-order valence-corrected chi connectivity index (χ1v) is 12.8. The van der Waals surface area contributed by atoms with E-state index in [4.69, 9.17) is 18.5 Å². The third kappa shape index (κ3) is 7.37. The van der Waals surface area contributed by atoms with Gasteiger partial charge in [0.05, 0.1) is 24.8 Å². The van der Waals surface area contributed by atoms with Crippen LogP contribution in [0.5, 0.6) is 17.2 Å². The molecule has 0 spiro atoms. The minimum absolute atomic E-state index is 0.0532. The van der Waals surface area contributed by atoms with E-state index in [2.05, 4.69) is 21.2 Å². The number of hydrogen-bond donors (Lipinski definition) is 1. The highest BCUT2D eigenvalue weighted by atomic mass is 79.9. The van der Waals surface area contributed by atoms with Crippen molar-refractivity contribution in [2.45, 2.75) is 39.8 Å². The molecular weight excluding hydrogens is 526 g/mol. The van der Waals surface area contributed by atoms with Gasteiger partial charge in [-0.3, -0.25) is 4.57 Å². The van der Waals surface area contributed by atoms with Crippen molar-refractivity contribution >= 4 is 29.2 Å². The zero-order chi connectivity index (χ0) is 24.8. The molecule has 0 saturated carbocycles. The molecule has 0 aliphatic carbocycles. The number of hydrogen-bond acceptors (Lipinski definition) is 6. The van der Waals surface area contributed by atoms with Gasteiger partial charge < -0.3 is 23.8 Å². The van der Waals surface area contributed by atoms with Gasteiger partial charge >= 0.3 is 13.8 Å². The summed E-state index contributed by atoms with van der Waals surface area (Å²) in [6, 6.07) is 7.38. The second-order valence-corrected chi connectivity index (χ2v) is 10.2. The van der Waals surface area contributed by atoms with Gasteiger partial charge in [-0.1, -0.05) is 19.9 Å². The van der Waals surface area contributed by atoms with E-state index in [1.165, 1.54) is 13.2 Å². The Labute approximate surface area is 200 Å². The molecule has 2 aromatic carbocycles. The highest BCUT2D eigenvalue weighted by Crippen LogP contribution is 2.49. The van der Waals surface area contributed by atoms with E-state index in [0.29, 0.717) is 5.75 Å². The van der Waals surface area contributed by atoms with Gasteiger partial charge in [0, 0.05) is 5.69 Å². The minimum Gasteiger partial charge on any atom is -0.493 e. The Morgan fingerprint density at radius 3 is 2.21 bits per heavy atom. The molecule has 0 aromatic heterocycles. The number of methoxy groups -OCH3 is 1. The quantitative estimate of drug-likeness (QED) is 0.284. The average molecular weight is 554 g/mol. The molecule has 0 aliphatic rings. The van der Waals surface area contributed by atoms with Crippen LogP contribution in [0.2, 0.25) is 0 Å². The maximum atomic E-state index is 13.9. The van der Waals surface area contributed by atoms with Crippen molar-refractivity contribution in [3.05, 3.63) is 45.9 Å². The van der Waals surface area contributed by atoms with E-state index in [9.17, 15) is 17.7 Å². The molecule has 33 heavy (non-hydrogen) atoms. The number of anilines is 1. The predicted octanol–water partition coefficient (Wildman–Crippen LogP) is 8.03. The van der Waals surface area contributed by atoms with E-state index >= 15 is 0 Å². The number of nitrogens with one attached hydrogen (secondary N) is 1. The van der Waals surface area contributed by atoms with Crippen LogP contribution >= 0.6 is 23.5 Å². The molecule has 6 nitrogen and oxygen atoms in total.